The Bertz CT molecular complexity index is 482. The summed E-state index contributed by atoms with van der Waals surface area (Å²) in [5.74, 6) is -2.51. The van der Waals surface area contributed by atoms with E-state index in [2.05, 4.69) is 0 Å². The molecule has 0 amide bonds. The number of alkyl halides is 5. The fraction of sp³-hybridized carbons (Fsp3) is 0.647. The van der Waals surface area contributed by atoms with E-state index in [-0.39, 0.29) is 25.2 Å². The largest absolute Gasteiger partial charge is 0.404 e. The van der Waals surface area contributed by atoms with Gasteiger partial charge in [0.2, 0.25) is 0 Å². The second-order valence-electron chi connectivity index (χ2n) is 6.19. The zero-order valence-electron chi connectivity index (χ0n) is 12.6. The first kappa shape index (κ1) is 18.1. The van der Waals surface area contributed by atoms with Crippen molar-refractivity contribution in [3.63, 3.8) is 0 Å². The van der Waals surface area contributed by atoms with E-state index in [1.165, 1.54) is 0 Å². The van der Waals surface area contributed by atoms with Crippen LogP contribution >= 0.6 is 0 Å². The SMILES string of the molecule is FCCC=C[C@H]1CC[C@H](C2(C(F)(F)F)C(F)=CC=CC2F)CC1. The van der Waals surface area contributed by atoms with Gasteiger partial charge >= 0.3 is 6.18 Å². The first-order chi connectivity index (χ1) is 10.8. The molecule has 23 heavy (non-hydrogen) atoms. The normalized spacial score (nSPS) is 35.6. The molecule has 2 unspecified atom stereocenters. The Balaban J connectivity index is 2.18. The number of hydrogen-bond acceptors (Lipinski definition) is 0. The first-order valence-electron chi connectivity index (χ1n) is 7.82. The molecule has 0 aromatic carbocycles. The summed E-state index contributed by atoms with van der Waals surface area (Å²) in [6.45, 7) is -0.477. The van der Waals surface area contributed by atoms with Crippen LogP contribution in [0.4, 0.5) is 26.3 Å². The molecule has 2 aliphatic rings. The lowest BCUT2D eigenvalue weighted by atomic mass is 9.62. The highest BCUT2D eigenvalue weighted by molar-refractivity contribution is 5.29. The van der Waals surface area contributed by atoms with Crippen LogP contribution in [0.2, 0.25) is 0 Å². The number of rotatable bonds is 4. The molecule has 0 N–H and O–H groups in total. The molecule has 1 saturated carbocycles. The van der Waals surface area contributed by atoms with Gasteiger partial charge in [-0.1, -0.05) is 18.2 Å². The van der Waals surface area contributed by atoms with Gasteiger partial charge in [0, 0.05) is 0 Å². The third kappa shape index (κ3) is 3.36. The van der Waals surface area contributed by atoms with Crippen molar-refractivity contribution in [2.24, 2.45) is 17.3 Å². The Hall–Kier alpha value is -1.20. The molecule has 1 fully saturated rings. The van der Waals surface area contributed by atoms with Crippen LogP contribution in [-0.2, 0) is 0 Å². The highest BCUT2D eigenvalue weighted by Gasteiger charge is 2.67. The summed E-state index contributed by atoms with van der Waals surface area (Å²) < 4.78 is 81.3. The molecule has 0 spiro atoms. The van der Waals surface area contributed by atoms with Gasteiger partial charge < -0.3 is 0 Å². The summed E-state index contributed by atoms with van der Waals surface area (Å²) in [7, 11) is 0. The summed E-state index contributed by atoms with van der Waals surface area (Å²) >= 11 is 0. The smallest absolute Gasteiger partial charge is 0.251 e. The van der Waals surface area contributed by atoms with Crippen LogP contribution < -0.4 is 0 Å². The fourth-order valence-corrected chi connectivity index (χ4v) is 3.72. The third-order valence-corrected chi connectivity index (χ3v) is 4.92. The molecule has 0 bridgehead atoms. The Morgan fingerprint density at radius 2 is 1.83 bits per heavy atom. The zero-order chi connectivity index (χ0) is 17.1. The van der Waals surface area contributed by atoms with Gasteiger partial charge in [0.1, 0.15) is 12.0 Å². The van der Waals surface area contributed by atoms with Crippen molar-refractivity contribution in [2.75, 3.05) is 6.67 Å². The molecule has 0 nitrogen and oxygen atoms in total. The maximum Gasteiger partial charge on any atom is 0.404 e. The fourth-order valence-electron chi connectivity index (χ4n) is 3.72. The van der Waals surface area contributed by atoms with Gasteiger partial charge in [0.25, 0.3) is 0 Å². The van der Waals surface area contributed by atoms with Crippen molar-refractivity contribution in [3.8, 4) is 0 Å². The Morgan fingerprint density at radius 3 is 2.35 bits per heavy atom. The van der Waals surface area contributed by atoms with Crippen molar-refractivity contribution >= 4 is 0 Å². The molecule has 130 valence electrons. The monoisotopic (exact) mass is 338 g/mol. The van der Waals surface area contributed by atoms with Crippen LogP contribution in [0.15, 0.2) is 36.2 Å². The average molecular weight is 338 g/mol. The summed E-state index contributed by atoms with van der Waals surface area (Å²) in [5, 5.41) is 0. The van der Waals surface area contributed by atoms with E-state index in [4.69, 9.17) is 0 Å². The van der Waals surface area contributed by atoms with E-state index in [0.717, 1.165) is 18.2 Å². The predicted molar refractivity (Wildman–Crippen MR) is 76.9 cm³/mol. The van der Waals surface area contributed by atoms with E-state index in [0.29, 0.717) is 12.8 Å². The summed E-state index contributed by atoms with van der Waals surface area (Å²) in [6.07, 6.45) is -0.0988. The number of hydrogen-bond donors (Lipinski definition) is 0. The molecule has 0 aromatic heterocycles. The minimum atomic E-state index is -4.99. The molecule has 2 rings (SSSR count). The van der Waals surface area contributed by atoms with E-state index in [1.54, 1.807) is 12.2 Å². The van der Waals surface area contributed by atoms with Crippen LogP contribution in [0.25, 0.3) is 0 Å². The van der Waals surface area contributed by atoms with E-state index >= 15 is 0 Å². The minimum Gasteiger partial charge on any atom is -0.251 e. The molecule has 0 radical (unpaired) electrons. The van der Waals surface area contributed by atoms with Crippen LogP contribution in [0.3, 0.4) is 0 Å². The summed E-state index contributed by atoms with van der Waals surface area (Å²) in [6, 6.07) is 0. The second-order valence-corrected chi connectivity index (χ2v) is 6.19. The lowest BCUT2D eigenvalue weighted by Crippen LogP contribution is -2.53. The first-order valence-corrected chi connectivity index (χ1v) is 7.82. The zero-order valence-corrected chi connectivity index (χ0v) is 12.6. The molecule has 0 aliphatic heterocycles. The maximum absolute atomic E-state index is 14.2. The lowest BCUT2D eigenvalue weighted by Gasteiger charge is -2.45. The maximum atomic E-state index is 14.2. The van der Waals surface area contributed by atoms with Crippen molar-refractivity contribution < 1.29 is 26.3 Å². The van der Waals surface area contributed by atoms with Crippen LogP contribution in [0, 0.1) is 17.3 Å². The van der Waals surface area contributed by atoms with Gasteiger partial charge in [0.05, 0.1) is 6.67 Å². The van der Waals surface area contributed by atoms with E-state index < -0.39 is 36.2 Å². The number of allylic oxidation sites excluding steroid dienone is 6. The quantitative estimate of drug-likeness (QED) is 0.434. The lowest BCUT2D eigenvalue weighted by molar-refractivity contribution is -0.253. The molecule has 0 saturated heterocycles. The van der Waals surface area contributed by atoms with Gasteiger partial charge in [-0.05, 0) is 56.1 Å². The summed E-state index contributed by atoms with van der Waals surface area (Å²) in [5.41, 5.74) is -3.06. The van der Waals surface area contributed by atoms with Crippen LogP contribution in [-0.4, -0.2) is 19.0 Å². The topological polar surface area (TPSA) is 0 Å². The molecule has 0 heterocycles. The molecule has 6 heteroatoms. The molecule has 2 aliphatic carbocycles. The Morgan fingerprint density at radius 1 is 1.17 bits per heavy atom. The molecule has 0 aromatic rings. The standard InChI is InChI=1S/C17H20F6/c18-11-2-1-4-12-7-9-13(10-8-12)16(17(21,22)23)14(19)5-3-6-15(16)20/h1,3-6,12-14H,2,7-11H2/t12-,13-,14?,16?. The van der Waals surface area contributed by atoms with Crippen molar-refractivity contribution in [1.82, 2.24) is 0 Å². The molecular formula is C17H20F6. The van der Waals surface area contributed by atoms with Crippen molar-refractivity contribution in [2.45, 2.75) is 44.5 Å². The molecular weight excluding hydrogens is 318 g/mol. The van der Waals surface area contributed by atoms with Crippen LogP contribution in [0.5, 0.6) is 0 Å². The number of halogens is 6. The average Bonchev–Trinajstić information content (AvgIpc) is 2.48. The molecule has 2 atom stereocenters. The third-order valence-electron chi connectivity index (χ3n) is 4.92. The minimum absolute atomic E-state index is 0.0484. The van der Waals surface area contributed by atoms with Gasteiger partial charge in [-0.3, -0.25) is 4.39 Å². The Labute approximate surface area is 131 Å². The predicted octanol–water partition coefficient (Wildman–Crippen LogP) is 6.02. The van der Waals surface area contributed by atoms with Gasteiger partial charge in [-0.2, -0.15) is 13.2 Å². The van der Waals surface area contributed by atoms with E-state index in [1.807, 2.05) is 0 Å². The van der Waals surface area contributed by atoms with E-state index in [9.17, 15) is 26.3 Å². The van der Waals surface area contributed by atoms with Crippen molar-refractivity contribution in [1.29, 1.82) is 0 Å². The Kier molecular flexibility index (Phi) is 5.63. The van der Waals surface area contributed by atoms with Crippen LogP contribution in [0.1, 0.15) is 32.1 Å². The highest BCUT2D eigenvalue weighted by atomic mass is 19.4. The van der Waals surface area contributed by atoms with Gasteiger partial charge in [-0.25, -0.2) is 8.78 Å². The highest BCUT2D eigenvalue weighted by Crippen LogP contribution is 2.59. The van der Waals surface area contributed by atoms with Gasteiger partial charge in [0.15, 0.2) is 5.41 Å². The van der Waals surface area contributed by atoms with Gasteiger partial charge in [-0.15, -0.1) is 0 Å². The summed E-state index contributed by atoms with van der Waals surface area (Å²) in [4.78, 5) is 0. The van der Waals surface area contributed by atoms with Crippen molar-refractivity contribution in [3.05, 3.63) is 36.2 Å². The second kappa shape index (κ2) is 7.14.